The molecule has 24 heavy (non-hydrogen) atoms. The minimum Gasteiger partial charge on any atom is -0.494 e. The number of ether oxygens (including phenoxy) is 1. The highest BCUT2D eigenvalue weighted by Gasteiger charge is 2.54. The van der Waals surface area contributed by atoms with E-state index in [2.05, 4.69) is 5.32 Å². The van der Waals surface area contributed by atoms with Gasteiger partial charge >= 0.3 is 0 Å². The van der Waals surface area contributed by atoms with Crippen molar-refractivity contribution in [2.24, 2.45) is 23.2 Å². The third kappa shape index (κ3) is 2.38. The van der Waals surface area contributed by atoms with Gasteiger partial charge in [-0.25, -0.2) is 0 Å². The number of methoxy groups -OCH3 is 1. The van der Waals surface area contributed by atoms with Crippen molar-refractivity contribution in [1.82, 2.24) is 5.32 Å². The van der Waals surface area contributed by atoms with Gasteiger partial charge in [-0.15, -0.1) is 0 Å². The predicted molar refractivity (Wildman–Crippen MR) is 90.5 cm³/mol. The summed E-state index contributed by atoms with van der Waals surface area (Å²) in [6.07, 6.45) is 6.61. The Bertz CT molecular complexity index is 663. The van der Waals surface area contributed by atoms with Gasteiger partial charge in [0.2, 0.25) is 5.91 Å². The molecule has 3 N–H and O–H groups in total. The maximum Gasteiger partial charge on any atom is 0.261 e. The molecule has 5 nitrogen and oxygen atoms in total. The monoisotopic (exact) mass is 328 g/mol. The van der Waals surface area contributed by atoms with Crippen LogP contribution in [0.3, 0.4) is 0 Å². The molecule has 5 heteroatoms. The normalized spacial score (nSPS) is 33.3. The van der Waals surface area contributed by atoms with Crippen molar-refractivity contribution in [3.8, 4) is 5.75 Å². The lowest BCUT2D eigenvalue weighted by molar-refractivity contribution is -0.145. The van der Waals surface area contributed by atoms with Gasteiger partial charge in [-0.3, -0.25) is 14.9 Å². The maximum atomic E-state index is 13.0. The molecule has 0 radical (unpaired) electrons. The first-order chi connectivity index (χ1) is 11.5. The Labute approximate surface area is 141 Å². The number of imide groups is 1. The molecule has 0 heterocycles. The lowest BCUT2D eigenvalue weighted by atomic mass is 9.49. The number of nitrogens with two attached hydrogens (primary N) is 1. The van der Waals surface area contributed by atoms with Crippen molar-refractivity contribution < 1.29 is 14.3 Å². The zero-order chi connectivity index (χ0) is 16.9. The number of hydrogen-bond donors (Lipinski definition) is 2. The van der Waals surface area contributed by atoms with Gasteiger partial charge in [-0.05, 0) is 68.4 Å². The molecule has 1 aromatic rings. The van der Waals surface area contributed by atoms with E-state index in [1.54, 1.807) is 18.2 Å². The lowest BCUT2D eigenvalue weighted by Gasteiger charge is -2.55. The van der Waals surface area contributed by atoms with Gasteiger partial charge < -0.3 is 10.5 Å². The Balaban J connectivity index is 1.54. The van der Waals surface area contributed by atoms with E-state index in [4.69, 9.17) is 10.5 Å². The van der Waals surface area contributed by atoms with Crippen LogP contribution < -0.4 is 15.8 Å². The van der Waals surface area contributed by atoms with Crippen molar-refractivity contribution in [2.45, 2.75) is 38.5 Å². The SMILES string of the molecule is COc1c(N)cccc1C(=O)NC(=O)C12CC3CC(CC(C3)C1)C2. The Morgan fingerprint density at radius 1 is 1.12 bits per heavy atom. The van der Waals surface area contributed by atoms with Crippen LogP contribution in [-0.4, -0.2) is 18.9 Å². The molecule has 0 unspecified atom stereocenters. The second-order valence-electron chi connectivity index (χ2n) is 7.91. The number of anilines is 1. The molecular formula is C19H24N2O3. The van der Waals surface area contributed by atoms with E-state index in [0.29, 0.717) is 34.8 Å². The van der Waals surface area contributed by atoms with Gasteiger partial charge in [-0.2, -0.15) is 0 Å². The summed E-state index contributed by atoms with van der Waals surface area (Å²) in [5.74, 6) is 1.81. The highest BCUT2D eigenvalue weighted by molar-refractivity contribution is 6.08. The molecule has 0 aromatic heterocycles. The molecule has 0 spiro atoms. The number of hydrogen-bond acceptors (Lipinski definition) is 4. The molecule has 0 atom stereocenters. The molecule has 128 valence electrons. The second kappa shape index (κ2) is 5.50. The zero-order valence-electron chi connectivity index (χ0n) is 14.0. The van der Waals surface area contributed by atoms with Gasteiger partial charge in [0.1, 0.15) is 0 Å². The van der Waals surface area contributed by atoms with E-state index in [-0.39, 0.29) is 11.3 Å². The number of nitrogen functional groups attached to an aromatic ring is 1. The van der Waals surface area contributed by atoms with Crippen LogP contribution in [0.25, 0.3) is 0 Å². The van der Waals surface area contributed by atoms with E-state index < -0.39 is 5.91 Å². The van der Waals surface area contributed by atoms with Crippen molar-refractivity contribution >= 4 is 17.5 Å². The largest absolute Gasteiger partial charge is 0.494 e. The molecular weight excluding hydrogens is 304 g/mol. The number of benzene rings is 1. The molecule has 4 bridgehead atoms. The fourth-order valence-corrected chi connectivity index (χ4v) is 5.65. The molecule has 4 aliphatic carbocycles. The van der Waals surface area contributed by atoms with Crippen LogP contribution in [0.4, 0.5) is 5.69 Å². The average molecular weight is 328 g/mol. The van der Waals surface area contributed by atoms with Gasteiger partial charge in [0.05, 0.1) is 23.8 Å². The van der Waals surface area contributed by atoms with E-state index in [1.807, 2.05) is 0 Å². The third-order valence-electron chi connectivity index (χ3n) is 6.24. The Hall–Kier alpha value is -2.04. The zero-order valence-corrected chi connectivity index (χ0v) is 14.0. The maximum absolute atomic E-state index is 13.0. The molecule has 2 amide bonds. The number of carbonyl (C=O) groups is 2. The van der Waals surface area contributed by atoms with Crippen LogP contribution in [0.2, 0.25) is 0 Å². The van der Waals surface area contributed by atoms with Crippen molar-refractivity contribution in [1.29, 1.82) is 0 Å². The summed E-state index contributed by atoms with van der Waals surface area (Å²) >= 11 is 0. The molecule has 4 saturated carbocycles. The number of carbonyl (C=O) groups excluding carboxylic acids is 2. The highest BCUT2D eigenvalue weighted by Crippen LogP contribution is 2.60. The molecule has 4 fully saturated rings. The first-order valence-corrected chi connectivity index (χ1v) is 8.79. The van der Waals surface area contributed by atoms with E-state index >= 15 is 0 Å². The fraction of sp³-hybridized carbons (Fsp3) is 0.579. The summed E-state index contributed by atoms with van der Waals surface area (Å²) in [4.78, 5) is 25.6. The number of nitrogens with one attached hydrogen (secondary N) is 1. The van der Waals surface area contributed by atoms with Gasteiger partial charge in [0, 0.05) is 0 Å². The van der Waals surface area contributed by atoms with Crippen LogP contribution in [-0.2, 0) is 4.79 Å². The summed E-state index contributed by atoms with van der Waals surface area (Å²) in [7, 11) is 1.48. The predicted octanol–water partition coefficient (Wildman–Crippen LogP) is 2.75. The number of para-hydroxylation sites is 1. The molecule has 5 rings (SSSR count). The van der Waals surface area contributed by atoms with Gasteiger partial charge in [0.15, 0.2) is 5.75 Å². The minimum atomic E-state index is -0.417. The van der Waals surface area contributed by atoms with Crippen molar-refractivity contribution in [2.75, 3.05) is 12.8 Å². The van der Waals surface area contributed by atoms with Crippen LogP contribution in [0.5, 0.6) is 5.75 Å². The Morgan fingerprint density at radius 3 is 2.25 bits per heavy atom. The van der Waals surface area contributed by atoms with E-state index in [0.717, 1.165) is 19.3 Å². The quantitative estimate of drug-likeness (QED) is 0.660. The molecule has 0 saturated heterocycles. The molecule has 0 aliphatic heterocycles. The van der Waals surface area contributed by atoms with Gasteiger partial charge in [0.25, 0.3) is 5.91 Å². The van der Waals surface area contributed by atoms with Crippen LogP contribution in [0.15, 0.2) is 18.2 Å². The van der Waals surface area contributed by atoms with Gasteiger partial charge in [-0.1, -0.05) is 6.07 Å². The Kier molecular flexibility index (Phi) is 3.55. The topological polar surface area (TPSA) is 81.4 Å². The summed E-state index contributed by atoms with van der Waals surface area (Å²) in [5, 5.41) is 2.64. The second-order valence-corrected chi connectivity index (χ2v) is 7.91. The average Bonchev–Trinajstić information content (AvgIpc) is 2.53. The molecule has 1 aromatic carbocycles. The van der Waals surface area contributed by atoms with Crippen LogP contribution in [0, 0.1) is 23.2 Å². The summed E-state index contributed by atoms with van der Waals surface area (Å²) < 4.78 is 5.23. The van der Waals surface area contributed by atoms with Crippen molar-refractivity contribution in [3.05, 3.63) is 23.8 Å². The first kappa shape index (κ1) is 15.5. The lowest BCUT2D eigenvalue weighted by Crippen LogP contribution is -2.54. The fourth-order valence-electron chi connectivity index (χ4n) is 5.65. The van der Waals surface area contributed by atoms with Crippen LogP contribution >= 0.6 is 0 Å². The molecule has 4 aliphatic rings. The minimum absolute atomic E-state index is 0.101. The summed E-state index contributed by atoms with van der Waals surface area (Å²) in [5.41, 5.74) is 6.23. The smallest absolute Gasteiger partial charge is 0.261 e. The summed E-state index contributed by atoms with van der Waals surface area (Å²) in [6, 6.07) is 5.01. The van der Waals surface area contributed by atoms with E-state index in [9.17, 15) is 9.59 Å². The highest BCUT2D eigenvalue weighted by atomic mass is 16.5. The number of rotatable bonds is 3. The van der Waals surface area contributed by atoms with Crippen molar-refractivity contribution in [3.63, 3.8) is 0 Å². The summed E-state index contributed by atoms with van der Waals surface area (Å²) in [6.45, 7) is 0. The first-order valence-electron chi connectivity index (χ1n) is 8.79. The standard InChI is InChI=1S/C19H24N2O3/c1-24-16-14(3-2-4-15(16)20)17(22)21-18(23)19-8-11-5-12(9-19)7-13(6-11)10-19/h2-4,11-13H,5-10,20H2,1H3,(H,21,22,23). The van der Waals surface area contributed by atoms with E-state index in [1.165, 1.54) is 26.4 Å². The Morgan fingerprint density at radius 2 is 1.71 bits per heavy atom. The van der Waals surface area contributed by atoms with Crippen LogP contribution in [0.1, 0.15) is 48.9 Å². The third-order valence-corrected chi connectivity index (χ3v) is 6.24. The number of amides is 2.